The molecule has 1 atom stereocenters. The van der Waals surface area contributed by atoms with Crippen molar-refractivity contribution in [3.63, 3.8) is 0 Å². The van der Waals surface area contributed by atoms with E-state index in [9.17, 15) is 0 Å². The van der Waals surface area contributed by atoms with Crippen LogP contribution >= 0.6 is 0 Å². The van der Waals surface area contributed by atoms with Crippen LogP contribution in [0.4, 0.5) is 0 Å². The lowest BCUT2D eigenvalue weighted by atomic mass is 10.0. The van der Waals surface area contributed by atoms with Crippen LogP contribution in [0.2, 0.25) is 0 Å². The van der Waals surface area contributed by atoms with Gasteiger partial charge in [0.15, 0.2) is 0 Å². The lowest BCUT2D eigenvalue weighted by Crippen LogP contribution is -2.13. The van der Waals surface area contributed by atoms with Crippen LogP contribution in [0.25, 0.3) is 0 Å². The number of nitrogens with zero attached hydrogens (tertiary/aromatic N) is 1. The van der Waals surface area contributed by atoms with Gasteiger partial charge < -0.3 is 10.1 Å². The predicted octanol–water partition coefficient (Wildman–Crippen LogP) is 2.19. The molecule has 0 unspecified atom stereocenters. The normalized spacial score (nSPS) is 19.4. The summed E-state index contributed by atoms with van der Waals surface area (Å²) in [6.07, 6.45) is 2.81. The van der Waals surface area contributed by atoms with Gasteiger partial charge in [0.05, 0.1) is 19.6 Å². The van der Waals surface area contributed by atoms with Gasteiger partial charge in [-0.2, -0.15) is 5.26 Å². The highest BCUT2D eigenvalue weighted by molar-refractivity contribution is 5.40. The molecule has 3 heteroatoms. The SMILES string of the molecule is COc1ccc([C@@H]2CCCN2)cc1CC#N. The van der Waals surface area contributed by atoms with Crippen LogP contribution in [0, 0.1) is 11.3 Å². The Balaban J connectivity index is 2.27. The van der Waals surface area contributed by atoms with Crippen molar-refractivity contribution in [2.45, 2.75) is 25.3 Å². The van der Waals surface area contributed by atoms with E-state index in [1.165, 1.54) is 18.4 Å². The Bertz CT molecular complexity index is 403. The van der Waals surface area contributed by atoms with E-state index in [0.717, 1.165) is 17.9 Å². The van der Waals surface area contributed by atoms with Gasteiger partial charge in [-0.25, -0.2) is 0 Å². The third-order valence-corrected chi connectivity index (χ3v) is 3.04. The van der Waals surface area contributed by atoms with Crippen molar-refractivity contribution in [2.75, 3.05) is 13.7 Å². The molecule has 84 valence electrons. The van der Waals surface area contributed by atoms with Crippen molar-refractivity contribution in [1.82, 2.24) is 5.32 Å². The summed E-state index contributed by atoms with van der Waals surface area (Å²) in [4.78, 5) is 0. The monoisotopic (exact) mass is 216 g/mol. The Morgan fingerprint density at radius 1 is 1.56 bits per heavy atom. The molecular weight excluding hydrogens is 200 g/mol. The van der Waals surface area contributed by atoms with Crippen molar-refractivity contribution < 1.29 is 4.74 Å². The van der Waals surface area contributed by atoms with Gasteiger partial charge in [0, 0.05) is 11.6 Å². The molecule has 1 saturated heterocycles. The molecule has 0 bridgehead atoms. The molecule has 16 heavy (non-hydrogen) atoms. The Hall–Kier alpha value is -1.53. The highest BCUT2D eigenvalue weighted by atomic mass is 16.5. The van der Waals surface area contributed by atoms with Gasteiger partial charge in [0.1, 0.15) is 5.75 Å². The second kappa shape index (κ2) is 5.00. The molecule has 1 heterocycles. The van der Waals surface area contributed by atoms with Crippen LogP contribution in [0.5, 0.6) is 5.75 Å². The summed E-state index contributed by atoms with van der Waals surface area (Å²) in [5.41, 5.74) is 2.25. The second-order valence-corrected chi connectivity index (χ2v) is 4.06. The smallest absolute Gasteiger partial charge is 0.123 e. The lowest BCUT2D eigenvalue weighted by Gasteiger charge is -2.13. The van der Waals surface area contributed by atoms with Crippen molar-refractivity contribution in [3.05, 3.63) is 29.3 Å². The molecule has 1 fully saturated rings. The van der Waals surface area contributed by atoms with Crippen LogP contribution in [0.3, 0.4) is 0 Å². The Kier molecular flexibility index (Phi) is 3.43. The van der Waals surface area contributed by atoms with Gasteiger partial charge in [0.2, 0.25) is 0 Å². The van der Waals surface area contributed by atoms with Crippen molar-refractivity contribution in [1.29, 1.82) is 5.26 Å². The molecule has 1 aliphatic rings. The number of benzene rings is 1. The zero-order valence-corrected chi connectivity index (χ0v) is 9.49. The van der Waals surface area contributed by atoms with Gasteiger partial charge in [-0.15, -0.1) is 0 Å². The average Bonchev–Trinajstić information content (AvgIpc) is 2.83. The number of ether oxygens (including phenoxy) is 1. The predicted molar refractivity (Wildman–Crippen MR) is 62.3 cm³/mol. The van der Waals surface area contributed by atoms with Gasteiger partial charge in [-0.1, -0.05) is 6.07 Å². The van der Waals surface area contributed by atoms with E-state index in [1.807, 2.05) is 6.07 Å². The zero-order valence-electron chi connectivity index (χ0n) is 9.49. The minimum Gasteiger partial charge on any atom is -0.496 e. The number of hydrogen-bond donors (Lipinski definition) is 1. The zero-order chi connectivity index (χ0) is 11.4. The minimum atomic E-state index is 0.406. The Morgan fingerprint density at radius 2 is 2.44 bits per heavy atom. The summed E-state index contributed by atoms with van der Waals surface area (Å²) in [5, 5.41) is 12.2. The molecule has 0 spiro atoms. The molecule has 1 aromatic carbocycles. The summed E-state index contributed by atoms with van der Waals surface area (Å²) in [5.74, 6) is 0.809. The van der Waals surface area contributed by atoms with E-state index in [1.54, 1.807) is 7.11 Å². The maximum atomic E-state index is 8.77. The first-order chi connectivity index (χ1) is 7.85. The number of nitriles is 1. The van der Waals surface area contributed by atoms with Gasteiger partial charge >= 0.3 is 0 Å². The van der Waals surface area contributed by atoms with E-state index < -0.39 is 0 Å². The number of methoxy groups -OCH3 is 1. The van der Waals surface area contributed by atoms with Crippen molar-refractivity contribution in [3.8, 4) is 11.8 Å². The molecule has 3 nitrogen and oxygen atoms in total. The van der Waals surface area contributed by atoms with Crippen LogP contribution in [-0.2, 0) is 6.42 Å². The first-order valence-corrected chi connectivity index (χ1v) is 5.62. The summed E-state index contributed by atoms with van der Waals surface area (Å²) in [7, 11) is 1.64. The van der Waals surface area contributed by atoms with Crippen LogP contribution in [0.1, 0.15) is 30.0 Å². The highest BCUT2D eigenvalue weighted by Gasteiger charge is 2.17. The van der Waals surface area contributed by atoms with Gasteiger partial charge in [-0.3, -0.25) is 0 Å². The molecular formula is C13H16N2O. The molecule has 1 aliphatic heterocycles. The number of hydrogen-bond acceptors (Lipinski definition) is 3. The Labute approximate surface area is 96.0 Å². The second-order valence-electron chi connectivity index (χ2n) is 4.06. The van der Waals surface area contributed by atoms with Crippen molar-refractivity contribution in [2.24, 2.45) is 0 Å². The topological polar surface area (TPSA) is 45.0 Å². The molecule has 0 radical (unpaired) electrons. The average molecular weight is 216 g/mol. The van der Waals surface area contributed by atoms with Gasteiger partial charge in [-0.05, 0) is 37.1 Å². The quantitative estimate of drug-likeness (QED) is 0.842. The molecule has 2 rings (SSSR count). The van der Waals surface area contributed by atoms with E-state index in [4.69, 9.17) is 10.00 Å². The maximum absolute atomic E-state index is 8.77. The van der Waals surface area contributed by atoms with Crippen LogP contribution in [-0.4, -0.2) is 13.7 Å². The van der Waals surface area contributed by atoms with Crippen LogP contribution < -0.4 is 10.1 Å². The van der Waals surface area contributed by atoms with Crippen LogP contribution in [0.15, 0.2) is 18.2 Å². The maximum Gasteiger partial charge on any atom is 0.123 e. The summed E-state index contributed by atoms with van der Waals surface area (Å²) >= 11 is 0. The first kappa shape index (κ1) is 11.0. The van der Waals surface area contributed by atoms with Crippen molar-refractivity contribution >= 4 is 0 Å². The molecule has 0 amide bonds. The van der Waals surface area contributed by atoms with Gasteiger partial charge in [0.25, 0.3) is 0 Å². The standard InChI is InChI=1S/C13H16N2O/c1-16-13-5-4-10(9-11(13)6-7-14)12-3-2-8-15-12/h4-5,9,12,15H,2-3,6,8H2,1H3/t12-/m0/s1. The van der Waals surface area contributed by atoms with E-state index in [-0.39, 0.29) is 0 Å². The fourth-order valence-electron chi connectivity index (χ4n) is 2.21. The van der Waals surface area contributed by atoms with E-state index in [2.05, 4.69) is 23.5 Å². The van der Waals surface area contributed by atoms with E-state index in [0.29, 0.717) is 12.5 Å². The third-order valence-electron chi connectivity index (χ3n) is 3.04. The minimum absolute atomic E-state index is 0.406. The lowest BCUT2D eigenvalue weighted by molar-refractivity contribution is 0.410. The molecule has 0 saturated carbocycles. The summed E-state index contributed by atoms with van der Waals surface area (Å²) in [6, 6.07) is 8.76. The molecule has 0 aromatic heterocycles. The first-order valence-electron chi connectivity index (χ1n) is 5.62. The fourth-order valence-corrected chi connectivity index (χ4v) is 2.21. The molecule has 1 aromatic rings. The molecule has 1 N–H and O–H groups in total. The third kappa shape index (κ3) is 2.17. The number of rotatable bonds is 3. The fraction of sp³-hybridized carbons (Fsp3) is 0.462. The molecule has 0 aliphatic carbocycles. The summed E-state index contributed by atoms with van der Waals surface area (Å²) < 4.78 is 5.24. The highest BCUT2D eigenvalue weighted by Crippen LogP contribution is 2.28. The number of nitrogens with one attached hydrogen (secondary N) is 1. The largest absolute Gasteiger partial charge is 0.496 e. The van der Waals surface area contributed by atoms with E-state index >= 15 is 0 Å². The summed E-state index contributed by atoms with van der Waals surface area (Å²) in [6.45, 7) is 1.09. The Morgan fingerprint density at radius 3 is 3.06 bits per heavy atom.